The summed E-state index contributed by atoms with van der Waals surface area (Å²) in [4.78, 5) is 27.3. The van der Waals surface area contributed by atoms with E-state index in [0.717, 1.165) is 10.5 Å². The molecule has 2 atom stereocenters. The quantitative estimate of drug-likeness (QED) is 0.815. The van der Waals surface area contributed by atoms with Crippen molar-refractivity contribution in [2.75, 3.05) is 18.6 Å². The van der Waals surface area contributed by atoms with Gasteiger partial charge in [-0.2, -0.15) is 0 Å². The predicted molar refractivity (Wildman–Crippen MR) is 71.7 cm³/mol. The SMILES string of the molecule is COc1cc(C)ccc1N1C(=O)[C@@H]2C[C@@H](O)CN2C1=O. The lowest BCUT2D eigenvalue weighted by Crippen LogP contribution is -2.35. The summed E-state index contributed by atoms with van der Waals surface area (Å²) in [5.74, 6) is 0.196. The lowest BCUT2D eigenvalue weighted by molar-refractivity contribution is -0.119. The number of benzene rings is 1. The lowest BCUT2D eigenvalue weighted by Gasteiger charge is -2.19. The average molecular weight is 276 g/mol. The summed E-state index contributed by atoms with van der Waals surface area (Å²) in [6, 6.07) is 4.38. The Bertz CT molecular complexity index is 563. The molecule has 1 aromatic rings. The van der Waals surface area contributed by atoms with Crippen molar-refractivity contribution in [3.05, 3.63) is 23.8 Å². The number of aliphatic hydroxyl groups excluding tert-OH is 1. The van der Waals surface area contributed by atoms with E-state index < -0.39 is 18.2 Å². The van der Waals surface area contributed by atoms with Crippen molar-refractivity contribution in [1.29, 1.82) is 0 Å². The van der Waals surface area contributed by atoms with Crippen LogP contribution in [0.3, 0.4) is 0 Å². The van der Waals surface area contributed by atoms with Gasteiger partial charge in [0.2, 0.25) is 0 Å². The van der Waals surface area contributed by atoms with Crippen molar-refractivity contribution in [3.8, 4) is 5.75 Å². The Labute approximate surface area is 116 Å². The highest BCUT2D eigenvalue weighted by atomic mass is 16.5. The van der Waals surface area contributed by atoms with Gasteiger partial charge in [0.15, 0.2) is 0 Å². The van der Waals surface area contributed by atoms with Crippen LogP contribution in [0.2, 0.25) is 0 Å². The summed E-state index contributed by atoms with van der Waals surface area (Å²) in [6.07, 6.45) is -0.315. The molecular formula is C14H16N2O4. The third-order valence-corrected chi connectivity index (χ3v) is 3.80. The van der Waals surface area contributed by atoms with Crippen LogP contribution in [0.1, 0.15) is 12.0 Å². The first-order valence-corrected chi connectivity index (χ1v) is 6.50. The van der Waals surface area contributed by atoms with Crippen LogP contribution in [0.15, 0.2) is 18.2 Å². The van der Waals surface area contributed by atoms with Crippen molar-refractivity contribution in [1.82, 2.24) is 4.90 Å². The number of imide groups is 1. The maximum absolute atomic E-state index is 12.4. The molecule has 0 spiro atoms. The lowest BCUT2D eigenvalue weighted by atomic mass is 10.1. The van der Waals surface area contributed by atoms with Crippen LogP contribution in [0.25, 0.3) is 0 Å². The van der Waals surface area contributed by atoms with E-state index >= 15 is 0 Å². The van der Waals surface area contributed by atoms with E-state index in [2.05, 4.69) is 0 Å². The highest BCUT2D eigenvalue weighted by molar-refractivity contribution is 6.22. The van der Waals surface area contributed by atoms with Gasteiger partial charge >= 0.3 is 6.03 Å². The first-order valence-electron chi connectivity index (χ1n) is 6.50. The van der Waals surface area contributed by atoms with Gasteiger partial charge < -0.3 is 14.7 Å². The summed E-state index contributed by atoms with van der Waals surface area (Å²) in [7, 11) is 1.51. The molecule has 0 aromatic heterocycles. The molecule has 0 aliphatic carbocycles. The number of carbonyl (C=O) groups excluding carboxylic acids is 2. The minimum absolute atomic E-state index is 0.208. The van der Waals surface area contributed by atoms with E-state index in [1.54, 1.807) is 12.1 Å². The smallest absolute Gasteiger partial charge is 0.332 e. The number of nitrogens with zero attached hydrogens (tertiary/aromatic N) is 2. The Balaban J connectivity index is 2.00. The van der Waals surface area contributed by atoms with Crippen LogP contribution in [0.5, 0.6) is 5.75 Å². The number of hydrogen-bond donors (Lipinski definition) is 1. The molecule has 0 unspecified atom stereocenters. The fourth-order valence-corrected chi connectivity index (χ4v) is 2.82. The fourth-order valence-electron chi connectivity index (χ4n) is 2.82. The largest absolute Gasteiger partial charge is 0.495 e. The first-order chi connectivity index (χ1) is 9.52. The second-order valence-electron chi connectivity index (χ2n) is 5.19. The van der Waals surface area contributed by atoms with Gasteiger partial charge in [0.1, 0.15) is 11.8 Å². The second kappa shape index (κ2) is 4.49. The maximum atomic E-state index is 12.4. The number of carbonyl (C=O) groups is 2. The minimum Gasteiger partial charge on any atom is -0.495 e. The van der Waals surface area contributed by atoms with Crippen LogP contribution in [0, 0.1) is 6.92 Å². The number of methoxy groups -OCH3 is 1. The van der Waals surface area contributed by atoms with Gasteiger partial charge in [-0.15, -0.1) is 0 Å². The Morgan fingerprint density at radius 1 is 1.35 bits per heavy atom. The topological polar surface area (TPSA) is 70.1 Å². The first kappa shape index (κ1) is 12.9. The summed E-state index contributed by atoms with van der Waals surface area (Å²) in [6.45, 7) is 2.12. The zero-order chi connectivity index (χ0) is 14.4. The van der Waals surface area contributed by atoms with Gasteiger partial charge in [-0.05, 0) is 24.6 Å². The van der Waals surface area contributed by atoms with Gasteiger partial charge in [0.05, 0.1) is 18.9 Å². The van der Waals surface area contributed by atoms with Gasteiger partial charge in [0, 0.05) is 13.0 Å². The van der Waals surface area contributed by atoms with Crippen LogP contribution >= 0.6 is 0 Å². The molecule has 2 aliphatic heterocycles. The molecule has 2 heterocycles. The van der Waals surface area contributed by atoms with Crippen LogP contribution in [0.4, 0.5) is 10.5 Å². The summed E-state index contributed by atoms with van der Waals surface area (Å²) in [5.41, 5.74) is 1.44. The number of fused-ring (bicyclic) bond motifs is 1. The predicted octanol–water partition coefficient (Wildman–Crippen LogP) is 0.905. The van der Waals surface area contributed by atoms with E-state index in [-0.39, 0.29) is 12.5 Å². The third-order valence-electron chi connectivity index (χ3n) is 3.80. The van der Waals surface area contributed by atoms with E-state index in [4.69, 9.17) is 4.74 Å². The number of rotatable bonds is 2. The third kappa shape index (κ3) is 1.76. The number of anilines is 1. The van der Waals surface area contributed by atoms with Crippen LogP contribution in [-0.2, 0) is 4.79 Å². The number of aryl methyl sites for hydroxylation is 1. The Kier molecular flexibility index (Phi) is 2.90. The van der Waals surface area contributed by atoms with Crippen LogP contribution in [-0.4, -0.2) is 47.7 Å². The Hall–Kier alpha value is -2.08. The maximum Gasteiger partial charge on any atom is 0.332 e. The highest BCUT2D eigenvalue weighted by Gasteiger charge is 2.51. The van der Waals surface area contributed by atoms with Crippen LogP contribution < -0.4 is 9.64 Å². The van der Waals surface area contributed by atoms with Crippen molar-refractivity contribution in [2.24, 2.45) is 0 Å². The molecule has 6 heteroatoms. The van der Waals surface area contributed by atoms with Gasteiger partial charge in [-0.25, -0.2) is 9.69 Å². The normalized spacial score (nSPS) is 25.4. The molecule has 2 fully saturated rings. The summed E-state index contributed by atoms with van der Waals surface area (Å²) < 4.78 is 5.26. The van der Waals surface area contributed by atoms with Gasteiger partial charge in [-0.3, -0.25) is 4.79 Å². The zero-order valence-corrected chi connectivity index (χ0v) is 11.4. The van der Waals surface area contributed by atoms with Crippen molar-refractivity contribution >= 4 is 17.6 Å². The molecule has 0 saturated carbocycles. The number of ether oxygens (including phenoxy) is 1. The second-order valence-corrected chi connectivity index (χ2v) is 5.19. The highest BCUT2D eigenvalue weighted by Crippen LogP contribution is 2.36. The molecule has 20 heavy (non-hydrogen) atoms. The molecule has 2 saturated heterocycles. The van der Waals surface area contributed by atoms with Gasteiger partial charge in [-0.1, -0.05) is 6.07 Å². The Morgan fingerprint density at radius 3 is 2.75 bits per heavy atom. The number of aliphatic hydroxyl groups is 1. The van der Waals surface area contributed by atoms with Gasteiger partial charge in [0.25, 0.3) is 5.91 Å². The summed E-state index contributed by atoms with van der Waals surface area (Å²) >= 11 is 0. The number of amides is 3. The minimum atomic E-state index is -0.616. The number of urea groups is 1. The summed E-state index contributed by atoms with van der Waals surface area (Å²) in [5, 5.41) is 9.58. The molecule has 0 bridgehead atoms. The van der Waals surface area contributed by atoms with E-state index in [0.29, 0.717) is 17.9 Å². The molecule has 3 rings (SSSR count). The van der Waals surface area contributed by atoms with Crippen molar-refractivity contribution < 1.29 is 19.4 Å². The monoisotopic (exact) mass is 276 g/mol. The van der Waals surface area contributed by atoms with Crippen molar-refractivity contribution in [2.45, 2.75) is 25.5 Å². The molecular weight excluding hydrogens is 260 g/mol. The zero-order valence-electron chi connectivity index (χ0n) is 11.4. The van der Waals surface area contributed by atoms with E-state index in [9.17, 15) is 14.7 Å². The molecule has 2 aliphatic rings. The van der Waals surface area contributed by atoms with E-state index in [1.807, 2.05) is 13.0 Å². The standard InChI is InChI=1S/C14H16N2O4/c1-8-3-4-10(12(5-8)20-2)16-13(18)11-6-9(17)7-15(11)14(16)19/h3-5,9,11,17H,6-7H2,1-2H3/t9-,11+/m1/s1. The molecule has 6 nitrogen and oxygen atoms in total. The molecule has 106 valence electrons. The average Bonchev–Trinajstić information content (AvgIpc) is 2.90. The molecule has 3 amide bonds. The fraction of sp³-hybridized carbons (Fsp3) is 0.429. The Morgan fingerprint density at radius 2 is 2.10 bits per heavy atom. The van der Waals surface area contributed by atoms with Crippen molar-refractivity contribution in [3.63, 3.8) is 0 Å². The molecule has 1 aromatic carbocycles. The van der Waals surface area contributed by atoms with E-state index in [1.165, 1.54) is 12.0 Å². The molecule has 1 N–H and O–H groups in total. The molecule has 0 radical (unpaired) electrons. The number of hydrogen-bond acceptors (Lipinski definition) is 4.